The Morgan fingerprint density at radius 2 is 2.05 bits per heavy atom. The van der Waals surface area contributed by atoms with Crippen molar-refractivity contribution in [3.63, 3.8) is 0 Å². The summed E-state index contributed by atoms with van der Waals surface area (Å²) in [6, 6.07) is 3.02. The first-order valence-corrected chi connectivity index (χ1v) is 7.62. The maximum Gasteiger partial charge on any atom is 0.0486 e. The van der Waals surface area contributed by atoms with Crippen molar-refractivity contribution in [1.29, 1.82) is 0 Å². The van der Waals surface area contributed by atoms with E-state index in [1.165, 1.54) is 36.3 Å². The second-order valence-corrected chi connectivity index (χ2v) is 7.40. The van der Waals surface area contributed by atoms with Crippen LogP contribution in [-0.4, -0.2) is 48.0 Å². The van der Waals surface area contributed by atoms with Crippen molar-refractivity contribution in [2.75, 3.05) is 27.2 Å². The van der Waals surface area contributed by atoms with Gasteiger partial charge in [-0.1, -0.05) is 26.8 Å². The molecule has 1 aliphatic heterocycles. The summed E-state index contributed by atoms with van der Waals surface area (Å²) in [6.07, 6.45) is 3.34. The van der Waals surface area contributed by atoms with Gasteiger partial charge in [-0.05, 0) is 38.6 Å². The lowest BCUT2D eigenvalue weighted by molar-refractivity contribution is 0.264. The third-order valence-electron chi connectivity index (χ3n) is 4.23. The molecule has 0 aromatic carbocycles. The summed E-state index contributed by atoms with van der Waals surface area (Å²) in [6.45, 7) is 12.3. The largest absolute Gasteiger partial charge is 0.305 e. The van der Waals surface area contributed by atoms with Crippen LogP contribution in [0.25, 0.3) is 0 Å². The molecular formula is C17H29N3. The highest BCUT2D eigenvalue weighted by Crippen LogP contribution is 2.24. The Balaban J connectivity index is 2.03. The zero-order valence-electron chi connectivity index (χ0n) is 13.9. The van der Waals surface area contributed by atoms with Gasteiger partial charge >= 0.3 is 0 Å². The summed E-state index contributed by atoms with van der Waals surface area (Å²) in [7, 11) is 4.36. The zero-order valence-corrected chi connectivity index (χ0v) is 13.9. The Hall–Kier alpha value is -0.930. The Morgan fingerprint density at radius 3 is 2.55 bits per heavy atom. The summed E-state index contributed by atoms with van der Waals surface area (Å²) in [5.74, 6) is 0. The Kier molecular flexibility index (Phi) is 4.50. The first kappa shape index (κ1) is 15.5. The number of hydrogen-bond donors (Lipinski definition) is 0. The van der Waals surface area contributed by atoms with Crippen LogP contribution in [0.3, 0.4) is 0 Å². The molecule has 0 amide bonds. The average molecular weight is 275 g/mol. The molecule has 1 fully saturated rings. The van der Waals surface area contributed by atoms with E-state index in [-0.39, 0.29) is 5.41 Å². The highest BCUT2D eigenvalue weighted by atomic mass is 15.2. The minimum Gasteiger partial charge on any atom is -0.305 e. The molecule has 2 rings (SSSR count). The van der Waals surface area contributed by atoms with Crippen molar-refractivity contribution in [2.45, 2.75) is 52.1 Å². The molecule has 0 N–H and O–H groups in total. The average Bonchev–Trinajstić information content (AvgIpc) is 2.76. The van der Waals surface area contributed by atoms with E-state index in [2.05, 4.69) is 63.9 Å². The number of nitrogens with zero attached hydrogens (tertiary/aromatic N) is 3. The van der Waals surface area contributed by atoms with Crippen molar-refractivity contribution < 1.29 is 0 Å². The van der Waals surface area contributed by atoms with Crippen LogP contribution in [0.1, 0.15) is 44.0 Å². The van der Waals surface area contributed by atoms with Crippen LogP contribution in [-0.2, 0) is 12.0 Å². The van der Waals surface area contributed by atoms with Crippen molar-refractivity contribution >= 4 is 0 Å². The molecule has 2 heterocycles. The summed E-state index contributed by atoms with van der Waals surface area (Å²) in [5, 5.41) is 0. The van der Waals surface area contributed by atoms with E-state index >= 15 is 0 Å². The molecule has 0 spiro atoms. The molecule has 1 aliphatic rings. The molecule has 112 valence electrons. The van der Waals surface area contributed by atoms with E-state index in [1.807, 2.05) is 0 Å². The smallest absolute Gasteiger partial charge is 0.0486 e. The molecule has 0 aliphatic carbocycles. The van der Waals surface area contributed by atoms with E-state index in [0.717, 1.165) is 6.54 Å². The minimum atomic E-state index is 0.131. The molecule has 0 unspecified atom stereocenters. The van der Waals surface area contributed by atoms with Crippen LogP contribution < -0.4 is 0 Å². The van der Waals surface area contributed by atoms with Crippen molar-refractivity contribution in [1.82, 2.24) is 14.8 Å². The first-order valence-electron chi connectivity index (χ1n) is 7.62. The molecule has 3 nitrogen and oxygen atoms in total. The summed E-state index contributed by atoms with van der Waals surface area (Å²) in [5.41, 5.74) is 4.01. The zero-order chi connectivity index (χ0) is 14.9. The lowest BCUT2D eigenvalue weighted by atomic mass is 9.88. The number of likely N-dealkylation sites (tertiary alicyclic amines) is 1. The van der Waals surface area contributed by atoms with Crippen LogP contribution in [0.2, 0.25) is 0 Å². The van der Waals surface area contributed by atoms with Gasteiger partial charge in [0.15, 0.2) is 0 Å². The van der Waals surface area contributed by atoms with Gasteiger partial charge in [0.25, 0.3) is 0 Å². The number of likely N-dealkylation sites (N-methyl/N-ethyl adjacent to an activating group) is 1. The number of pyridine rings is 1. The van der Waals surface area contributed by atoms with Gasteiger partial charge in [0.2, 0.25) is 0 Å². The summed E-state index contributed by atoms with van der Waals surface area (Å²) in [4.78, 5) is 9.59. The van der Waals surface area contributed by atoms with Gasteiger partial charge in [-0.25, -0.2) is 0 Å². The van der Waals surface area contributed by atoms with Gasteiger partial charge in [-0.15, -0.1) is 0 Å². The number of hydrogen-bond acceptors (Lipinski definition) is 3. The van der Waals surface area contributed by atoms with E-state index in [4.69, 9.17) is 4.98 Å². The molecule has 1 aromatic rings. The van der Waals surface area contributed by atoms with Crippen molar-refractivity contribution in [3.05, 3.63) is 29.1 Å². The van der Waals surface area contributed by atoms with Crippen LogP contribution in [0.5, 0.6) is 0 Å². The monoisotopic (exact) mass is 275 g/mol. The molecule has 1 aromatic heterocycles. The van der Waals surface area contributed by atoms with E-state index in [9.17, 15) is 0 Å². The fourth-order valence-corrected chi connectivity index (χ4v) is 3.14. The van der Waals surface area contributed by atoms with Gasteiger partial charge in [-0.2, -0.15) is 0 Å². The second-order valence-electron chi connectivity index (χ2n) is 7.40. The van der Waals surface area contributed by atoms with Crippen LogP contribution in [0, 0.1) is 6.92 Å². The van der Waals surface area contributed by atoms with Crippen LogP contribution in [0.4, 0.5) is 0 Å². The van der Waals surface area contributed by atoms with Crippen molar-refractivity contribution in [3.8, 4) is 0 Å². The predicted molar refractivity (Wildman–Crippen MR) is 85.0 cm³/mol. The highest BCUT2D eigenvalue weighted by molar-refractivity contribution is 5.28. The first-order chi connectivity index (χ1) is 9.27. The predicted octanol–water partition coefficient (Wildman–Crippen LogP) is 2.82. The molecule has 20 heavy (non-hydrogen) atoms. The van der Waals surface area contributed by atoms with E-state index in [1.54, 1.807) is 0 Å². The van der Waals surface area contributed by atoms with Gasteiger partial charge in [0.05, 0.1) is 0 Å². The molecule has 1 saturated heterocycles. The third kappa shape index (κ3) is 3.58. The summed E-state index contributed by atoms with van der Waals surface area (Å²) < 4.78 is 0. The number of rotatable bonds is 3. The molecule has 0 radical (unpaired) electrons. The maximum atomic E-state index is 4.71. The molecule has 0 saturated carbocycles. The number of aromatic nitrogens is 1. The maximum absolute atomic E-state index is 4.71. The van der Waals surface area contributed by atoms with Gasteiger partial charge < -0.3 is 4.90 Å². The Bertz CT molecular complexity index is 460. The fraction of sp³-hybridized carbons (Fsp3) is 0.706. The van der Waals surface area contributed by atoms with E-state index < -0.39 is 0 Å². The Morgan fingerprint density at radius 1 is 1.35 bits per heavy atom. The lowest BCUT2D eigenvalue weighted by Gasteiger charge is -2.22. The third-order valence-corrected chi connectivity index (χ3v) is 4.23. The van der Waals surface area contributed by atoms with Crippen molar-refractivity contribution in [2.24, 2.45) is 0 Å². The topological polar surface area (TPSA) is 19.4 Å². The SMILES string of the molecule is Cc1cc(CN2CC[C@H](N(C)C)C2)cnc1C(C)(C)C. The summed E-state index contributed by atoms with van der Waals surface area (Å²) >= 11 is 0. The quantitative estimate of drug-likeness (QED) is 0.845. The number of aryl methyl sites for hydroxylation is 1. The lowest BCUT2D eigenvalue weighted by Crippen LogP contribution is -2.31. The second kappa shape index (κ2) is 5.82. The molecular weight excluding hydrogens is 246 g/mol. The van der Waals surface area contributed by atoms with Crippen LogP contribution >= 0.6 is 0 Å². The molecule has 0 bridgehead atoms. The van der Waals surface area contributed by atoms with Gasteiger partial charge in [0.1, 0.15) is 0 Å². The Labute approximate surface area is 124 Å². The van der Waals surface area contributed by atoms with E-state index in [0.29, 0.717) is 6.04 Å². The molecule has 3 heteroatoms. The van der Waals surface area contributed by atoms with Gasteiger partial charge in [-0.3, -0.25) is 9.88 Å². The highest BCUT2D eigenvalue weighted by Gasteiger charge is 2.24. The minimum absolute atomic E-state index is 0.131. The standard InChI is InChI=1S/C17H29N3/c1-13-9-14(10-18-16(13)17(2,3)4)11-20-8-7-15(12-20)19(5)6/h9-10,15H,7-8,11-12H2,1-6H3/t15-/m0/s1. The van der Waals surface area contributed by atoms with Crippen LogP contribution in [0.15, 0.2) is 12.3 Å². The fourth-order valence-electron chi connectivity index (χ4n) is 3.14. The van der Waals surface area contributed by atoms with Gasteiger partial charge in [0, 0.05) is 43.0 Å². The molecule has 1 atom stereocenters. The normalized spacial score (nSPS) is 20.9.